The molecule has 0 aromatic heterocycles. The first-order valence-electron chi connectivity index (χ1n) is 10.2. The van der Waals surface area contributed by atoms with E-state index in [1.165, 1.54) is 6.08 Å². The minimum absolute atomic E-state index is 0.0202. The first-order chi connectivity index (χ1) is 14.4. The largest absolute Gasteiger partial charge is 0.482 e. The van der Waals surface area contributed by atoms with E-state index in [4.69, 9.17) is 24.1 Å². The fourth-order valence-corrected chi connectivity index (χ4v) is 3.17. The van der Waals surface area contributed by atoms with Crippen LogP contribution in [0.1, 0.15) is 27.2 Å². The summed E-state index contributed by atoms with van der Waals surface area (Å²) in [6, 6.07) is -0.352. The van der Waals surface area contributed by atoms with Crippen molar-refractivity contribution in [2.75, 3.05) is 39.6 Å². The number of ketones is 1. The molecule has 1 fully saturated rings. The number of aliphatic hydroxyl groups excluding tert-OH is 1. The molecule has 1 N–H and O–H groups in total. The van der Waals surface area contributed by atoms with Crippen molar-refractivity contribution in [3.05, 3.63) is 24.0 Å². The number of aliphatic hydroxyl groups is 1. The highest BCUT2D eigenvalue weighted by Crippen LogP contribution is 2.26. The van der Waals surface area contributed by atoms with Gasteiger partial charge < -0.3 is 24.1 Å². The second-order valence-corrected chi connectivity index (χ2v) is 7.50. The van der Waals surface area contributed by atoms with E-state index >= 15 is 0 Å². The molecule has 0 saturated carbocycles. The Balaban J connectivity index is 1.89. The average Bonchev–Trinajstić information content (AvgIpc) is 3.11. The first-order valence-corrected chi connectivity index (χ1v) is 10.2. The lowest BCUT2D eigenvalue weighted by Crippen LogP contribution is -2.48. The van der Waals surface area contributed by atoms with Gasteiger partial charge in [0.05, 0.1) is 45.0 Å². The van der Waals surface area contributed by atoms with Crippen LogP contribution in [0.4, 0.5) is 4.79 Å². The molecule has 168 valence electrons. The van der Waals surface area contributed by atoms with Gasteiger partial charge in [0.25, 0.3) is 0 Å². The highest BCUT2D eigenvalue weighted by molar-refractivity contribution is 6.01. The summed E-state index contributed by atoms with van der Waals surface area (Å²) in [7, 11) is 0. The van der Waals surface area contributed by atoms with E-state index in [0.29, 0.717) is 32.0 Å². The molecule has 0 bridgehead atoms. The van der Waals surface area contributed by atoms with Crippen LogP contribution in [-0.4, -0.2) is 79.6 Å². The van der Waals surface area contributed by atoms with Gasteiger partial charge in [-0.2, -0.15) is 0 Å². The fraction of sp³-hybridized carbons (Fsp3) is 0.667. The second-order valence-electron chi connectivity index (χ2n) is 7.50. The van der Waals surface area contributed by atoms with Gasteiger partial charge >= 0.3 is 6.09 Å². The van der Waals surface area contributed by atoms with Gasteiger partial charge in [0, 0.05) is 0 Å². The van der Waals surface area contributed by atoms with Crippen LogP contribution in [0.25, 0.3) is 0 Å². The Morgan fingerprint density at radius 2 is 1.90 bits per heavy atom. The number of hydrogen-bond donors (Lipinski definition) is 1. The van der Waals surface area contributed by atoms with Crippen molar-refractivity contribution in [3.63, 3.8) is 0 Å². The average molecular weight is 425 g/mol. The van der Waals surface area contributed by atoms with Crippen molar-refractivity contribution in [2.24, 2.45) is 11.8 Å². The molecule has 1 saturated heterocycles. The molecule has 2 heterocycles. The Morgan fingerprint density at radius 3 is 2.57 bits per heavy atom. The van der Waals surface area contributed by atoms with Crippen LogP contribution in [0.2, 0.25) is 0 Å². The van der Waals surface area contributed by atoms with Gasteiger partial charge in [-0.1, -0.05) is 13.8 Å². The third-order valence-corrected chi connectivity index (χ3v) is 4.93. The van der Waals surface area contributed by atoms with Gasteiger partial charge in [-0.3, -0.25) is 9.59 Å². The summed E-state index contributed by atoms with van der Waals surface area (Å²) in [5, 5.41) is 8.61. The molecule has 3 unspecified atom stereocenters. The predicted molar refractivity (Wildman–Crippen MR) is 106 cm³/mol. The van der Waals surface area contributed by atoms with Gasteiger partial charge in [0.2, 0.25) is 5.91 Å². The molecule has 0 spiro atoms. The molecule has 2 rings (SSSR count). The molecule has 2 aliphatic rings. The summed E-state index contributed by atoms with van der Waals surface area (Å²) in [6.45, 7) is 7.07. The monoisotopic (exact) mass is 425 g/mol. The Bertz CT molecular complexity index is 672. The van der Waals surface area contributed by atoms with E-state index in [9.17, 15) is 14.4 Å². The zero-order chi connectivity index (χ0) is 22.1. The molecule has 2 aliphatic heterocycles. The third-order valence-electron chi connectivity index (χ3n) is 4.93. The topological polar surface area (TPSA) is 112 Å². The van der Waals surface area contributed by atoms with Crippen molar-refractivity contribution in [3.8, 4) is 0 Å². The fourth-order valence-electron chi connectivity index (χ4n) is 3.17. The van der Waals surface area contributed by atoms with Gasteiger partial charge in [-0.15, -0.1) is 0 Å². The third kappa shape index (κ3) is 6.38. The molecular weight excluding hydrogens is 394 g/mol. The molecule has 0 aliphatic carbocycles. The minimum atomic E-state index is -0.997. The Hall–Kier alpha value is -2.23. The molecule has 0 aromatic carbocycles. The van der Waals surface area contributed by atoms with Gasteiger partial charge in [-0.05, 0) is 37.5 Å². The molecule has 0 radical (unpaired) electrons. The number of allylic oxidation sites excluding steroid dienone is 1. The number of ether oxygens (including phenoxy) is 4. The minimum Gasteiger partial charge on any atom is -0.482 e. The molecule has 2 amide bonds. The van der Waals surface area contributed by atoms with Crippen LogP contribution in [0.15, 0.2) is 24.0 Å². The normalized spacial score (nSPS) is 23.8. The summed E-state index contributed by atoms with van der Waals surface area (Å²) in [4.78, 5) is 38.4. The lowest BCUT2D eigenvalue weighted by Gasteiger charge is -2.30. The molecule has 3 atom stereocenters. The van der Waals surface area contributed by atoms with Crippen molar-refractivity contribution in [1.82, 2.24) is 4.90 Å². The SMILES string of the molecule is CC(C)C1COC(=O)N1C(=O)C(C)C1OC(=CCCOCCOCCO)C=CC1=O. The van der Waals surface area contributed by atoms with Crippen LogP contribution >= 0.6 is 0 Å². The quantitative estimate of drug-likeness (QED) is 0.495. The summed E-state index contributed by atoms with van der Waals surface area (Å²) in [5.74, 6) is -1.12. The lowest BCUT2D eigenvalue weighted by atomic mass is 9.95. The zero-order valence-corrected chi connectivity index (χ0v) is 17.7. The number of hydrogen-bond acceptors (Lipinski definition) is 8. The smallest absolute Gasteiger partial charge is 0.416 e. The van der Waals surface area contributed by atoms with Crippen LogP contribution in [0.3, 0.4) is 0 Å². The zero-order valence-electron chi connectivity index (χ0n) is 17.7. The second kappa shape index (κ2) is 11.8. The highest BCUT2D eigenvalue weighted by Gasteiger charge is 2.44. The lowest BCUT2D eigenvalue weighted by molar-refractivity contribution is -0.143. The van der Waals surface area contributed by atoms with Crippen molar-refractivity contribution in [1.29, 1.82) is 0 Å². The maximum Gasteiger partial charge on any atom is 0.416 e. The van der Waals surface area contributed by atoms with E-state index in [2.05, 4.69) is 0 Å². The van der Waals surface area contributed by atoms with Gasteiger partial charge in [0.15, 0.2) is 11.9 Å². The van der Waals surface area contributed by atoms with Crippen LogP contribution in [0, 0.1) is 11.8 Å². The van der Waals surface area contributed by atoms with Crippen LogP contribution in [0.5, 0.6) is 0 Å². The van der Waals surface area contributed by atoms with E-state index in [0.717, 1.165) is 4.90 Å². The summed E-state index contributed by atoms with van der Waals surface area (Å²) in [5.41, 5.74) is 0. The van der Waals surface area contributed by atoms with Crippen LogP contribution < -0.4 is 0 Å². The molecule has 9 nitrogen and oxygen atoms in total. The first kappa shape index (κ1) is 24.0. The van der Waals surface area contributed by atoms with Crippen LogP contribution in [-0.2, 0) is 28.5 Å². The standard InChI is InChI=1S/C21H31NO8/c1-14(2)17-13-29-21(26)22(17)20(25)15(3)19-18(24)7-6-16(30-19)5-4-9-27-11-12-28-10-8-23/h5-7,14-15,17,19,23H,4,8-13H2,1-3H3. The Labute approximate surface area is 176 Å². The van der Waals surface area contributed by atoms with E-state index in [-0.39, 0.29) is 37.6 Å². The highest BCUT2D eigenvalue weighted by atomic mass is 16.6. The van der Waals surface area contributed by atoms with Crippen molar-refractivity contribution >= 4 is 17.8 Å². The van der Waals surface area contributed by atoms with Crippen molar-refractivity contribution in [2.45, 2.75) is 39.3 Å². The van der Waals surface area contributed by atoms with Crippen molar-refractivity contribution < 1.29 is 38.4 Å². The summed E-state index contributed by atoms with van der Waals surface area (Å²) in [6.07, 6.45) is 3.60. The maximum atomic E-state index is 12.9. The molecule has 0 aromatic rings. The summed E-state index contributed by atoms with van der Waals surface area (Å²) < 4.78 is 21.3. The summed E-state index contributed by atoms with van der Waals surface area (Å²) >= 11 is 0. The maximum absolute atomic E-state index is 12.9. The number of carbonyl (C=O) groups excluding carboxylic acids is 3. The number of cyclic esters (lactones) is 1. The van der Waals surface area contributed by atoms with E-state index in [1.807, 2.05) is 13.8 Å². The number of carbonyl (C=O) groups is 3. The molecule has 9 heteroatoms. The number of imide groups is 1. The molecule has 30 heavy (non-hydrogen) atoms. The number of rotatable bonds is 11. The van der Waals surface area contributed by atoms with E-state index < -0.39 is 24.0 Å². The predicted octanol–water partition coefficient (Wildman–Crippen LogP) is 1.45. The molecular formula is C21H31NO8. The Kier molecular flexibility index (Phi) is 9.48. The Morgan fingerprint density at radius 1 is 1.20 bits per heavy atom. The van der Waals surface area contributed by atoms with Gasteiger partial charge in [0.1, 0.15) is 12.4 Å². The number of amides is 2. The number of nitrogens with zero attached hydrogens (tertiary/aromatic N) is 1. The van der Waals surface area contributed by atoms with E-state index in [1.54, 1.807) is 19.1 Å². The van der Waals surface area contributed by atoms with Gasteiger partial charge in [-0.25, -0.2) is 9.69 Å².